The summed E-state index contributed by atoms with van der Waals surface area (Å²) in [6.07, 6.45) is 7.87. The largest absolute Gasteiger partial charge is 0.382 e. The Morgan fingerprint density at radius 2 is 2.00 bits per heavy atom. The van der Waals surface area contributed by atoms with Gasteiger partial charge >= 0.3 is 0 Å². The monoisotopic (exact) mass is 286 g/mol. The molecule has 1 N–H and O–H groups in total. The Kier molecular flexibility index (Phi) is 5.93. The third-order valence-electron chi connectivity index (χ3n) is 3.95. The Balaban J connectivity index is 1.91. The van der Waals surface area contributed by atoms with E-state index in [2.05, 4.69) is 41.0 Å². The van der Waals surface area contributed by atoms with Crippen LogP contribution in [-0.4, -0.2) is 40.5 Å². The molecule has 0 aromatic carbocycles. The molecule has 0 aliphatic rings. The van der Waals surface area contributed by atoms with Crippen LogP contribution >= 0.6 is 0 Å². The van der Waals surface area contributed by atoms with Crippen LogP contribution in [0.5, 0.6) is 0 Å². The number of nitrogens with one attached hydrogen (secondary N) is 1. The summed E-state index contributed by atoms with van der Waals surface area (Å²) in [4.78, 5) is 10.9. The lowest BCUT2D eigenvalue weighted by molar-refractivity contribution is 0.295. The van der Waals surface area contributed by atoms with E-state index in [0.29, 0.717) is 6.04 Å². The topological polar surface area (TPSA) is 41.0 Å². The van der Waals surface area contributed by atoms with Crippen LogP contribution in [0.1, 0.15) is 33.6 Å². The number of pyridine rings is 2. The molecule has 4 heteroatoms. The highest BCUT2D eigenvalue weighted by Crippen LogP contribution is 2.21. The van der Waals surface area contributed by atoms with E-state index in [1.165, 1.54) is 19.4 Å². The van der Waals surface area contributed by atoms with Gasteiger partial charge in [-0.3, -0.25) is 9.97 Å². The van der Waals surface area contributed by atoms with Crippen LogP contribution in [0.25, 0.3) is 10.9 Å². The van der Waals surface area contributed by atoms with Crippen molar-refractivity contribution in [3.05, 3.63) is 30.7 Å². The molecule has 0 unspecified atom stereocenters. The average Bonchev–Trinajstić information content (AvgIpc) is 2.52. The van der Waals surface area contributed by atoms with E-state index >= 15 is 0 Å². The van der Waals surface area contributed by atoms with Crippen molar-refractivity contribution in [1.82, 2.24) is 14.9 Å². The normalized spacial score (nSPS) is 12.8. The SMILES string of the molecule is CCN(CC)CCC[C@@H](C)Nc1ccnc2cnccc12. The van der Waals surface area contributed by atoms with Crippen LogP contribution < -0.4 is 5.32 Å². The predicted octanol–water partition coefficient (Wildman–Crippen LogP) is 3.55. The van der Waals surface area contributed by atoms with Crippen molar-refractivity contribution in [2.24, 2.45) is 0 Å². The third-order valence-corrected chi connectivity index (χ3v) is 3.95. The highest BCUT2D eigenvalue weighted by atomic mass is 15.1. The van der Waals surface area contributed by atoms with Crippen molar-refractivity contribution in [3.63, 3.8) is 0 Å². The Morgan fingerprint density at radius 3 is 2.76 bits per heavy atom. The van der Waals surface area contributed by atoms with E-state index in [9.17, 15) is 0 Å². The molecule has 1 atom stereocenters. The fourth-order valence-corrected chi connectivity index (χ4v) is 2.62. The van der Waals surface area contributed by atoms with Crippen molar-refractivity contribution in [3.8, 4) is 0 Å². The summed E-state index contributed by atoms with van der Waals surface area (Å²) in [6, 6.07) is 4.52. The second-order valence-electron chi connectivity index (χ2n) is 5.47. The molecule has 0 saturated carbocycles. The van der Waals surface area contributed by atoms with Gasteiger partial charge in [0.1, 0.15) is 0 Å². The summed E-state index contributed by atoms with van der Waals surface area (Å²) in [6.45, 7) is 10.2. The van der Waals surface area contributed by atoms with E-state index in [1.807, 2.05) is 30.7 Å². The lowest BCUT2D eigenvalue weighted by atomic mass is 10.1. The smallest absolute Gasteiger partial charge is 0.0905 e. The number of rotatable bonds is 8. The Bertz CT molecular complexity index is 546. The summed E-state index contributed by atoms with van der Waals surface area (Å²) in [5.41, 5.74) is 2.09. The molecule has 114 valence electrons. The lowest BCUT2D eigenvalue weighted by Gasteiger charge is -2.20. The first-order valence-electron chi connectivity index (χ1n) is 7.92. The highest BCUT2D eigenvalue weighted by Gasteiger charge is 2.07. The van der Waals surface area contributed by atoms with Gasteiger partial charge in [-0.25, -0.2) is 0 Å². The van der Waals surface area contributed by atoms with Crippen LogP contribution in [0.3, 0.4) is 0 Å². The average molecular weight is 286 g/mol. The minimum Gasteiger partial charge on any atom is -0.382 e. The second kappa shape index (κ2) is 7.93. The zero-order valence-corrected chi connectivity index (χ0v) is 13.3. The molecule has 2 aromatic heterocycles. The molecule has 21 heavy (non-hydrogen) atoms. The lowest BCUT2D eigenvalue weighted by Crippen LogP contribution is -2.25. The Hall–Kier alpha value is -1.68. The summed E-state index contributed by atoms with van der Waals surface area (Å²) < 4.78 is 0. The maximum Gasteiger partial charge on any atom is 0.0905 e. The van der Waals surface area contributed by atoms with Crippen LogP contribution in [0.4, 0.5) is 5.69 Å². The van der Waals surface area contributed by atoms with Crippen molar-refractivity contribution in [1.29, 1.82) is 0 Å². The first-order chi connectivity index (χ1) is 10.2. The van der Waals surface area contributed by atoms with Gasteiger partial charge in [0, 0.05) is 29.5 Å². The molecule has 0 saturated heterocycles. The molecule has 0 amide bonds. The molecule has 2 heterocycles. The fraction of sp³-hybridized carbons (Fsp3) is 0.529. The van der Waals surface area contributed by atoms with Crippen molar-refractivity contribution in [2.45, 2.75) is 39.7 Å². The van der Waals surface area contributed by atoms with E-state index in [0.717, 1.165) is 29.7 Å². The third kappa shape index (κ3) is 4.39. The summed E-state index contributed by atoms with van der Waals surface area (Å²) >= 11 is 0. The van der Waals surface area contributed by atoms with Crippen LogP contribution in [-0.2, 0) is 0 Å². The minimum atomic E-state index is 0.458. The molecule has 2 rings (SSSR count). The van der Waals surface area contributed by atoms with Crippen LogP contribution in [0.15, 0.2) is 30.7 Å². The number of nitrogens with zero attached hydrogens (tertiary/aromatic N) is 3. The van der Waals surface area contributed by atoms with Gasteiger partial charge in [0.15, 0.2) is 0 Å². The number of fused-ring (bicyclic) bond motifs is 1. The molecule has 0 radical (unpaired) electrons. The van der Waals surface area contributed by atoms with Gasteiger partial charge in [-0.1, -0.05) is 13.8 Å². The predicted molar refractivity (Wildman–Crippen MR) is 89.6 cm³/mol. The van der Waals surface area contributed by atoms with Crippen LogP contribution in [0, 0.1) is 0 Å². The first kappa shape index (κ1) is 15.7. The maximum atomic E-state index is 4.35. The van der Waals surface area contributed by atoms with Gasteiger partial charge in [0.05, 0.1) is 11.7 Å². The number of anilines is 1. The first-order valence-corrected chi connectivity index (χ1v) is 7.92. The molecule has 0 aliphatic carbocycles. The number of aromatic nitrogens is 2. The highest BCUT2D eigenvalue weighted by molar-refractivity contribution is 5.90. The quantitative estimate of drug-likeness (QED) is 0.805. The van der Waals surface area contributed by atoms with Gasteiger partial charge in [0.25, 0.3) is 0 Å². The Morgan fingerprint density at radius 1 is 1.19 bits per heavy atom. The zero-order valence-electron chi connectivity index (χ0n) is 13.3. The molecule has 0 fully saturated rings. The van der Waals surface area contributed by atoms with E-state index in [1.54, 1.807) is 0 Å². The summed E-state index contributed by atoms with van der Waals surface area (Å²) in [5, 5.41) is 4.75. The van der Waals surface area contributed by atoms with E-state index in [-0.39, 0.29) is 0 Å². The fourth-order valence-electron chi connectivity index (χ4n) is 2.62. The Labute approximate surface area is 127 Å². The summed E-state index contributed by atoms with van der Waals surface area (Å²) in [7, 11) is 0. The standard InChI is InChI=1S/C17H26N4/c1-4-21(5-2)12-6-7-14(3)20-16-9-11-19-17-13-18-10-8-15(16)17/h8-11,13-14H,4-7,12H2,1-3H3,(H,19,20)/t14-/m1/s1. The molecular formula is C17H26N4. The van der Waals surface area contributed by atoms with Gasteiger partial charge in [-0.2, -0.15) is 0 Å². The number of hydrogen-bond acceptors (Lipinski definition) is 4. The van der Waals surface area contributed by atoms with Crippen molar-refractivity contribution in [2.75, 3.05) is 25.0 Å². The summed E-state index contributed by atoms with van der Waals surface area (Å²) in [5.74, 6) is 0. The molecular weight excluding hydrogens is 260 g/mol. The van der Waals surface area contributed by atoms with Gasteiger partial charge in [-0.05, 0) is 51.5 Å². The second-order valence-corrected chi connectivity index (χ2v) is 5.47. The van der Waals surface area contributed by atoms with Crippen molar-refractivity contribution >= 4 is 16.6 Å². The van der Waals surface area contributed by atoms with Crippen LogP contribution in [0.2, 0.25) is 0 Å². The number of hydrogen-bond donors (Lipinski definition) is 1. The van der Waals surface area contributed by atoms with Gasteiger partial charge < -0.3 is 10.2 Å². The van der Waals surface area contributed by atoms with Crippen molar-refractivity contribution < 1.29 is 0 Å². The minimum absolute atomic E-state index is 0.458. The zero-order chi connectivity index (χ0) is 15.1. The molecule has 2 aromatic rings. The maximum absolute atomic E-state index is 4.35. The molecule has 4 nitrogen and oxygen atoms in total. The van der Waals surface area contributed by atoms with E-state index in [4.69, 9.17) is 0 Å². The van der Waals surface area contributed by atoms with Gasteiger partial charge in [-0.15, -0.1) is 0 Å². The van der Waals surface area contributed by atoms with Gasteiger partial charge in [0.2, 0.25) is 0 Å². The van der Waals surface area contributed by atoms with E-state index < -0.39 is 0 Å². The molecule has 0 spiro atoms. The molecule has 0 aliphatic heterocycles. The molecule has 0 bridgehead atoms.